The van der Waals surface area contributed by atoms with Crippen molar-refractivity contribution in [3.8, 4) is 0 Å². The standard InChI is InChI=1S/C27H33Cl2N7O2/c1-35(8-3-2-4-23-33-20-11-18(28)19(29)12-21(20)34-23)13-15-10-22(25(38)24(15)37)36-9-7-17-26(32-16-5-6-16)30-14-31-27(17)36/h7,9,11-12,14-16,22,24-25,37-38H,2-6,8,10,13H2,1H3,(H,33,34)(H,30,31,32)/t15-,22-,24-,25+/m1/s1. The summed E-state index contributed by atoms with van der Waals surface area (Å²) in [7, 11) is 2.08. The molecule has 2 fully saturated rings. The summed E-state index contributed by atoms with van der Waals surface area (Å²) >= 11 is 12.2. The number of nitrogens with one attached hydrogen (secondary N) is 2. The van der Waals surface area contributed by atoms with Crippen molar-refractivity contribution in [3.63, 3.8) is 0 Å². The van der Waals surface area contributed by atoms with Crippen LogP contribution in [-0.4, -0.2) is 78.0 Å². The summed E-state index contributed by atoms with van der Waals surface area (Å²) in [5, 5.41) is 27.3. The van der Waals surface area contributed by atoms with Gasteiger partial charge in [0.05, 0.1) is 38.6 Å². The van der Waals surface area contributed by atoms with E-state index in [2.05, 4.69) is 37.2 Å². The number of fused-ring (bicyclic) bond motifs is 2. The largest absolute Gasteiger partial charge is 0.390 e. The van der Waals surface area contributed by atoms with Crippen LogP contribution in [0.25, 0.3) is 22.1 Å². The minimum absolute atomic E-state index is 0.0202. The first-order valence-electron chi connectivity index (χ1n) is 13.3. The predicted octanol–water partition coefficient (Wildman–Crippen LogP) is 4.43. The number of rotatable bonds is 10. The van der Waals surface area contributed by atoms with E-state index in [9.17, 15) is 10.2 Å². The summed E-state index contributed by atoms with van der Waals surface area (Å²) in [6.07, 6.45) is 7.76. The fraction of sp³-hybridized carbons (Fsp3) is 0.519. The highest BCUT2D eigenvalue weighted by Gasteiger charge is 2.43. The van der Waals surface area contributed by atoms with Crippen molar-refractivity contribution in [3.05, 3.63) is 46.6 Å². The van der Waals surface area contributed by atoms with Crippen molar-refractivity contribution < 1.29 is 10.2 Å². The quantitative estimate of drug-likeness (QED) is 0.213. The molecule has 6 rings (SSSR count). The normalized spacial score (nSPS) is 23.7. The van der Waals surface area contributed by atoms with Crippen molar-refractivity contribution in [2.75, 3.05) is 25.5 Å². The van der Waals surface area contributed by atoms with Crippen molar-refractivity contribution in [1.82, 2.24) is 29.4 Å². The zero-order valence-electron chi connectivity index (χ0n) is 21.3. The SMILES string of the molecule is CN(CCCCc1nc2cc(Cl)c(Cl)cc2[nH]1)C[C@H]1C[C@@H](n2ccc3c(NC4CC4)ncnc32)[C@H](O)[C@@H]1O. The molecule has 2 saturated carbocycles. The first-order valence-corrected chi connectivity index (χ1v) is 14.1. The monoisotopic (exact) mass is 557 g/mol. The molecule has 0 aliphatic heterocycles. The summed E-state index contributed by atoms with van der Waals surface area (Å²) < 4.78 is 2.01. The Morgan fingerprint density at radius 2 is 1.95 bits per heavy atom. The van der Waals surface area contributed by atoms with Gasteiger partial charge in [-0.3, -0.25) is 0 Å². The molecule has 4 aromatic rings. The molecule has 202 valence electrons. The molecule has 38 heavy (non-hydrogen) atoms. The molecule has 4 atom stereocenters. The van der Waals surface area contributed by atoms with Gasteiger partial charge in [0.2, 0.25) is 0 Å². The van der Waals surface area contributed by atoms with E-state index in [1.165, 1.54) is 12.8 Å². The third-order valence-electron chi connectivity index (χ3n) is 7.88. The first kappa shape index (κ1) is 25.8. The Hall–Kier alpha value is -2.43. The number of hydrogen-bond acceptors (Lipinski definition) is 7. The van der Waals surface area contributed by atoms with Crippen LogP contribution in [0, 0.1) is 5.92 Å². The zero-order valence-corrected chi connectivity index (χ0v) is 22.8. The Morgan fingerprint density at radius 1 is 1.13 bits per heavy atom. The molecule has 3 aromatic heterocycles. The van der Waals surface area contributed by atoms with Crippen LogP contribution in [-0.2, 0) is 6.42 Å². The number of aromatic nitrogens is 5. The number of aliphatic hydroxyl groups excluding tert-OH is 2. The van der Waals surface area contributed by atoms with Gasteiger partial charge in [-0.15, -0.1) is 0 Å². The van der Waals surface area contributed by atoms with Crippen LogP contribution in [0.3, 0.4) is 0 Å². The van der Waals surface area contributed by atoms with E-state index in [-0.39, 0.29) is 12.0 Å². The Morgan fingerprint density at radius 3 is 2.76 bits per heavy atom. The van der Waals surface area contributed by atoms with Gasteiger partial charge in [-0.2, -0.15) is 0 Å². The summed E-state index contributed by atoms with van der Waals surface area (Å²) in [6, 6.07) is 5.87. The van der Waals surface area contributed by atoms with Gasteiger partial charge in [0.1, 0.15) is 29.7 Å². The average Bonchev–Trinajstić information content (AvgIpc) is 3.36. The van der Waals surface area contributed by atoms with Crippen LogP contribution in [0.4, 0.5) is 5.82 Å². The molecule has 4 N–H and O–H groups in total. The third kappa shape index (κ3) is 5.22. The average molecular weight is 559 g/mol. The molecular weight excluding hydrogens is 525 g/mol. The lowest BCUT2D eigenvalue weighted by Gasteiger charge is -2.23. The van der Waals surface area contributed by atoms with E-state index in [0.717, 1.165) is 66.1 Å². The molecule has 3 heterocycles. The fourth-order valence-electron chi connectivity index (χ4n) is 5.67. The van der Waals surface area contributed by atoms with Gasteiger partial charge in [0.15, 0.2) is 0 Å². The van der Waals surface area contributed by atoms with Gasteiger partial charge >= 0.3 is 0 Å². The number of aryl methyl sites for hydroxylation is 1. The Balaban J connectivity index is 1.03. The van der Waals surface area contributed by atoms with Crippen LogP contribution in [0.5, 0.6) is 0 Å². The second-order valence-corrected chi connectivity index (χ2v) is 11.6. The molecule has 1 aromatic carbocycles. The van der Waals surface area contributed by atoms with Crippen LogP contribution in [0.1, 0.15) is 44.0 Å². The molecule has 0 amide bonds. The number of aromatic amines is 1. The highest BCUT2D eigenvalue weighted by molar-refractivity contribution is 6.42. The molecular formula is C27H33Cl2N7O2. The van der Waals surface area contributed by atoms with E-state index in [1.807, 2.05) is 22.9 Å². The van der Waals surface area contributed by atoms with Crippen molar-refractivity contribution in [2.24, 2.45) is 5.92 Å². The number of aliphatic hydroxyl groups is 2. The third-order valence-corrected chi connectivity index (χ3v) is 8.60. The topological polar surface area (TPSA) is 115 Å². The lowest BCUT2D eigenvalue weighted by molar-refractivity contribution is 0.00167. The van der Waals surface area contributed by atoms with E-state index in [1.54, 1.807) is 12.4 Å². The van der Waals surface area contributed by atoms with E-state index in [4.69, 9.17) is 23.2 Å². The maximum atomic E-state index is 11.0. The second kappa shape index (κ2) is 10.6. The maximum Gasteiger partial charge on any atom is 0.145 e. The Kier molecular flexibility index (Phi) is 7.22. The molecule has 2 aliphatic rings. The van der Waals surface area contributed by atoms with E-state index in [0.29, 0.717) is 22.5 Å². The Bertz CT molecular complexity index is 1400. The molecule has 0 radical (unpaired) electrons. The molecule has 11 heteroatoms. The van der Waals surface area contributed by atoms with Crippen LogP contribution < -0.4 is 5.32 Å². The zero-order chi connectivity index (χ0) is 26.4. The summed E-state index contributed by atoms with van der Waals surface area (Å²) in [4.78, 5) is 19.1. The smallest absolute Gasteiger partial charge is 0.145 e. The second-order valence-electron chi connectivity index (χ2n) is 10.8. The van der Waals surface area contributed by atoms with Crippen molar-refractivity contribution >= 4 is 51.1 Å². The van der Waals surface area contributed by atoms with Gasteiger partial charge < -0.3 is 30.0 Å². The van der Waals surface area contributed by atoms with Crippen molar-refractivity contribution in [1.29, 1.82) is 0 Å². The van der Waals surface area contributed by atoms with Crippen LogP contribution in [0.2, 0.25) is 10.0 Å². The molecule has 0 unspecified atom stereocenters. The van der Waals surface area contributed by atoms with E-state index >= 15 is 0 Å². The highest BCUT2D eigenvalue weighted by Crippen LogP contribution is 2.38. The fourth-order valence-corrected chi connectivity index (χ4v) is 5.99. The molecule has 0 saturated heterocycles. The number of benzene rings is 1. The minimum Gasteiger partial charge on any atom is -0.390 e. The van der Waals surface area contributed by atoms with Gasteiger partial charge in [0, 0.05) is 31.1 Å². The molecule has 0 bridgehead atoms. The number of hydrogen-bond donors (Lipinski definition) is 4. The maximum absolute atomic E-state index is 11.0. The summed E-state index contributed by atoms with van der Waals surface area (Å²) in [5.74, 6) is 1.75. The van der Waals surface area contributed by atoms with Crippen molar-refractivity contribution in [2.45, 2.75) is 62.8 Å². The van der Waals surface area contributed by atoms with Crippen LogP contribution in [0.15, 0.2) is 30.7 Å². The van der Waals surface area contributed by atoms with Crippen LogP contribution >= 0.6 is 23.2 Å². The number of halogens is 2. The number of imidazole rings is 1. The van der Waals surface area contributed by atoms with Gasteiger partial charge in [0.25, 0.3) is 0 Å². The number of nitrogens with zero attached hydrogens (tertiary/aromatic N) is 5. The molecule has 9 nitrogen and oxygen atoms in total. The summed E-state index contributed by atoms with van der Waals surface area (Å²) in [6.45, 7) is 1.62. The highest BCUT2D eigenvalue weighted by atomic mass is 35.5. The first-order chi connectivity index (χ1) is 18.4. The van der Waals surface area contributed by atoms with Gasteiger partial charge in [-0.1, -0.05) is 23.2 Å². The number of anilines is 1. The van der Waals surface area contributed by atoms with Gasteiger partial charge in [-0.25, -0.2) is 15.0 Å². The molecule has 2 aliphatic carbocycles. The number of unbranched alkanes of at least 4 members (excludes halogenated alkanes) is 1. The number of H-pyrrole nitrogens is 1. The molecule has 0 spiro atoms. The van der Waals surface area contributed by atoms with E-state index < -0.39 is 12.2 Å². The van der Waals surface area contributed by atoms with Gasteiger partial charge in [-0.05, 0) is 63.9 Å². The predicted molar refractivity (Wildman–Crippen MR) is 150 cm³/mol. The Labute approximate surface area is 231 Å². The summed E-state index contributed by atoms with van der Waals surface area (Å²) in [5.41, 5.74) is 2.52. The minimum atomic E-state index is -0.839. The lowest BCUT2D eigenvalue weighted by atomic mass is 10.0. The lowest BCUT2D eigenvalue weighted by Crippen LogP contribution is -2.35.